The van der Waals surface area contributed by atoms with Crippen molar-refractivity contribution < 1.29 is 28.6 Å². The van der Waals surface area contributed by atoms with Gasteiger partial charge in [0, 0.05) is 19.3 Å². The number of allylic oxidation sites excluding steroid dienone is 16. The molecule has 0 amide bonds. The molecule has 1 atom stereocenters. The molecule has 0 heterocycles. The van der Waals surface area contributed by atoms with Crippen molar-refractivity contribution in [2.45, 2.75) is 322 Å². The van der Waals surface area contributed by atoms with E-state index >= 15 is 0 Å². The number of esters is 3. The number of unbranched alkanes of at least 4 members (excludes halogenated alkanes) is 32. The van der Waals surface area contributed by atoms with Crippen LogP contribution in [0.2, 0.25) is 0 Å². The van der Waals surface area contributed by atoms with Gasteiger partial charge in [0.15, 0.2) is 6.10 Å². The second-order valence-corrected chi connectivity index (χ2v) is 21.6. The van der Waals surface area contributed by atoms with Gasteiger partial charge in [0.05, 0.1) is 0 Å². The highest BCUT2D eigenvalue weighted by Crippen LogP contribution is 2.16. The van der Waals surface area contributed by atoms with Gasteiger partial charge < -0.3 is 14.2 Å². The van der Waals surface area contributed by atoms with Crippen LogP contribution in [0.5, 0.6) is 0 Å². The molecule has 0 saturated carbocycles. The van der Waals surface area contributed by atoms with E-state index in [0.717, 1.165) is 122 Å². The topological polar surface area (TPSA) is 78.9 Å². The molecule has 0 aliphatic rings. The molecule has 442 valence electrons. The average molecular weight is 1070 g/mol. The van der Waals surface area contributed by atoms with Gasteiger partial charge in [0.1, 0.15) is 13.2 Å². The molecule has 0 N–H and O–H groups in total. The third kappa shape index (κ3) is 63.0. The minimum atomic E-state index is -0.790. The molecule has 1 unspecified atom stereocenters. The molecular weight excluding hydrogens is 949 g/mol. The lowest BCUT2D eigenvalue weighted by atomic mass is 10.0. The van der Waals surface area contributed by atoms with Crippen LogP contribution in [0.15, 0.2) is 97.2 Å². The first-order valence-corrected chi connectivity index (χ1v) is 32.7. The fourth-order valence-electron chi connectivity index (χ4n) is 9.18. The monoisotopic (exact) mass is 1070 g/mol. The largest absolute Gasteiger partial charge is 0.462 e. The Morgan fingerprint density at radius 2 is 0.506 bits per heavy atom. The first-order chi connectivity index (χ1) is 38.0. The maximum atomic E-state index is 12.9. The predicted molar refractivity (Wildman–Crippen MR) is 334 cm³/mol. The molecule has 0 aromatic carbocycles. The lowest BCUT2D eigenvalue weighted by Gasteiger charge is -2.18. The summed E-state index contributed by atoms with van der Waals surface area (Å²) in [7, 11) is 0. The quantitative estimate of drug-likeness (QED) is 0.0261. The summed E-state index contributed by atoms with van der Waals surface area (Å²) < 4.78 is 16.9. The predicted octanol–water partition coefficient (Wildman–Crippen LogP) is 22.4. The van der Waals surface area contributed by atoms with Crippen molar-refractivity contribution in [3.63, 3.8) is 0 Å². The molecule has 0 spiro atoms. The fraction of sp³-hybridized carbons (Fsp3) is 0.732. The van der Waals surface area contributed by atoms with Crippen LogP contribution in [-0.2, 0) is 28.6 Å². The normalized spacial score (nSPS) is 12.7. The Morgan fingerprint density at radius 1 is 0.273 bits per heavy atom. The van der Waals surface area contributed by atoms with Gasteiger partial charge in [0.2, 0.25) is 0 Å². The molecule has 0 radical (unpaired) electrons. The van der Waals surface area contributed by atoms with Crippen LogP contribution in [0.1, 0.15) is 316 Å². The van der Waals surface area contributed by atoms with Crippen molar-refractivity contribution in [2.24, 2.45) is 0 Å². The molecule has 6 nitrogen and oxygen atoms in total. The molecule has 0 aromatic rings. The molecule has 6 heteroatoms. The van der Waals surface area contributed by atoms with E-state index in [1.807, 2.05) is 0 Å². The van der Waals surface area contributed by atoms with E-state index in [2.05, 4.69) is 118 Å². The smallest absolute Gasteiger partial charge is 0.306 e. The highest BCUT2D eigenvalue weighted by Gasteiger charge is 2.19. The van der Waals surface area contributed by atoms with Crippen LogP contribution in [0.4, 0.5) is 0 Å². The van der Waals surface area contributed by atoms with Gasteiger partial charge in [-0.1, -0.05) is 291 Å². The summed E-state index contributed by atoms with van der Waals surface area (Å²) in [5, 5.41) is 0. The Labute approximate surface area is 477 Å². The van der Waals surface area contributed by atoms with Crippen molar-refractivity contribution in [1.29, 1.82) is 0 Å². The van der Waals surface area contributed by atoms with Crippen LogP contribution < -0.4 is 0 Å². The zero-order valence-corrected chi connectivity index (χ0v) is 50.7. The summed E-state index contributed by atoms with van der Waals surface area (Å²) in [5.74, 6) is -0.896. The van der Waals surface area contributed by atoms with Crippen molar-refractivity contribution in [3.8, 4) is 0 Å². The molecule has 0 aliphatic heterocycles. The zero-order chi connectivity index (χ0) is 55.7. The van der Waals surface area contributed by atoms with Gasteiger partial charge >= 0.3 is 17.9 Å². The summed E-state index contributed by atoms with van der Waals surface area (Å²) in [4.78, 5) is 38.4. The number of carbonyl (C=O) groups excluding carboxylic acids is 3. The number of carbonyl (C=O) groups is 3. The molecule has 0 aliphatic carbocycles. The summed E-state index contributed by atoms with van der Waals surface area (Å²) in [5.41, 5.74) is 0. The summed E-state index contributed by atoms with van der Waals surface area (Å²) in [6, 6.07) is 0. The number of hydrogen-bond donors (Lipinski definition) is 0. The second kappa shape index (κ2) is 64.9. The van der Waals surface area contributed by atoms with Gasteiger partial charge in [-0.25, -0.2) is 0 Å². The number of ether oxygens (including phenoxy) is 3. The lowest BCUT2D eigenvalue weighted by Crippen LogP contribution is -2.30. The summed E-state index contributed by atoms with van der Waals surface area (Å²) in [6.45, 7) is 6.53. The Kier molecular flexibility index (Phi) is 61.8. The van der Waals surface area contributed by atoms with E-state index in [0.29, 0.717) is 19.3 Å². The van der Waals surface area contributed by atoms with Crippen molar-refractivity contribution in [2.75, 3.05) is 13.2 Å². The van der Waals surface area contributed by atoms with E-state index < -0.39 is 6.10 Å². The minimum Gasteiger partial charge on any atom is -0.462 e. The zero-order valence-electron chi connectivity index (χ0n) is 50.7. The number of rotatable bonds is 59. The van der Waals surface area contributed by atoms with Crippen LogP contribution in [0.3, 0.4) is 0 Å². The maximum absolute atomic E-state index is 12.9. The van der Waals surface area contributed by atoms with Gasteiger partial charge in [-0.05, 0) is 103 Å². The SMILES string of the molecule is CC/C=C\C/C=C\C/C=C\C/C=C\C/C=C\CCCCCCCCCC(=O)OCC(COC(=O)CCCCCCCCCCCCCCCCC)OC(=O)CCCCCCCC/C=C\C/C=C\C/C=C\CCCCCCC. The van der Waals surface area contributed by atoms with E-state index in [-0.39, 0.29) is 31.1 Å². The Hall–Kier alpha value is -3.67. The maximum Gasteiger partial charge on any atom is 0.306 e. The van der Waals surface area contributed by atoms with E-state index in [4.69, 9.17) is 14.2 Å². The molecule has 0 bridgehead atoms. The minimum absolute atomic E-state index is 0.0843. The Balaban J connectivity index is 4.41. The van der Waals surface area contributed by atoms with Gasteiger partial charge in [0.25, 0.3) is 0 Å². The van der Waals surface area contributed by atoms with E-state index in [1.54, 1.807) is 0 Å². The van der Waals surface area contributed by atoms with Gasteiger partial charge in [-0.2, -0.15) is 0 Å². The molecular formula is C71H122O6. The average Bonchev–Trinajstić information content (AvgIpc) is 3.43. The summed E-state index contributed by atoms with van der Waals surface area (Å²) in [6.07, 6.45) is 86.9. The molecule has 0 fully saturated rings. The number of hydrogen-bond acceptors (Lipinski definition) is 6. The van der Waals surface area contributed by atoms with Crippen molar-refractivity contribution in [1.82, 2.24) is 0 Å². The highest BCUT2D eigenvalue weighted by molar-refractivity contribution is 5.71. The Bertz CT molecular complexity index is 1510. The van der Waals surface area contributed by atoms with Crippen molar-refractivity contribution >= 4 is 17.9 Å². The summed E-state index contributed by atoms with van der Waals surface area (Å²) >= 11 is 0. The van der Waals surface area contributed by atoms with Crippen molar-refractivity contribution in [3.05, 3.63) is 97.2 Å². The first kappa shape index (κ1) is 73.3. The Morgan fingerprint density at radius 3 is 0.792 bits per heavy atom. The van der Waals surface area contributed by atoms with Crippen LogP contribution >= 0.6 is 0 Å². The standard InChI is InChI=1S/C71H122O6/c1-4-7-10-13-16-19-22-25-28-30-32-34-35-37-38-40-43-46-49-52-55-58-61-64-70(73)76-67-68(66-75-69(72)63-60-57-54-51-48-45-42-27-24-21-18-15-12-9-6-3)77-71(74)65-62-59-56-53-50-47-44-41-39-36-33-31-29-26-23-20-17-14-11-8-5-2/h7,10,16,19,23,25-26,28,31-34,37-39,41,68H,4-6,8-9,11-15,17-18,20-22,24,27,29-30,35-36,40,42-67H2,1-3H3/b10-7-,19-16-,26-23-,28-25-,33-31-,34-32-,38-37-,41-39-. The molecule has 0 aromatic heterocycles. The lowest BCUT2D eigenvalue weighted by molar-refractivity contribution is -0.167. The molecule has 0 saturated heterocycles. The van der Waals surface area contributed by atoms with Gasteiger partial charge in [-0.15, -0.1) is 0 Å². The van der Waals surface area contributed by atoms with Crippen LogP contribution in [-0.4, -0.2) is 37.2 Å². The van der Waals surface area contributed by atoms with E-state index in [9.17, 15) is 14.4 Å². The highest BCUT2D eigenvalue weighted by atomic mass is 16.6. The van der Waals surface area contributed by atoms with Crippen LogP contribution in [0.25, 0.3) is 0 Å². The second-order valence-electron chi connectivity index (χ2n) is 21.6. The van der Waals surface area contributed by atoms with E-state index in [1.165, 1.54) is 154 Å². The third-order valence-corrected chi connectivity index (χ3v) is 14.1. The van der Waals surface area contributed by atoms with Gasteiger partial charge in [-0.3, -0.25) is 14.4 Å². The van der Waals surface area contributed by atoms with Crippen LogP contribution in [0, 0.1) is 0 Å². The fourth-order valence-corrected chi connectivity index (χ4v) is 9.18. The third-order valence-electron chi connectivity index (χ3n) is 14.1. The molecule has 0 rings (SSSR count). The molecule has 77 heavy (non-hydrogen) atoms. The first-order valence-electron chi connectivity index (χ1n) is 32.7.